The van der Waals surface area contributed by atoms with Gasteiger partial charge in [-0.15, -0.1) is 0 Å². The van der Waals surface area contributed by atoms with Crippen molar-refractivity contribution in [1.29, 1.82) is 0 Å². The number of rotatable bonds is 4. The number of hydrogen-bond acceptors (Lipinski definition) is 3. The summed E-state index contributed by atoms with van der Waals surface area (Å²) in [6.07, 6.45) is 1.34. The zero-order valence-electron chi connectivity index (χ0n) is 15.2. The molecule has 0 radical (unpaired) electrons. The van der Waals surface area contributed by atoms with Crippen molar-refractivity contribution in [2.24, 2.45) is 0 Å². The molecular formula is C16H36N3Sb. The van der Waals surface area contributed by atoms with Crippen LogP contribution in [0.5, 0.6) is 0 Å². The van der Waals surface area contributed by atoms with Gasteiger partial charge >= 0.3 is 135 Å². The summed E-state index contributed by atoms with van der Waals surface area (Å²) in [5.74, 6) is 0. The van der Waals surface area contributed by atoms with E-state index in [-0.39, 0.29) is 0 Å². The van der Waals surface area contributed by atoms with E-state index in [2.05, 4.69) is 73.6 Å². The van der Waals surface area contributed by atoms with Crippen molar-refractivity contribution < 1.29 is 0 Å². The topological polar surface area (TPSA) is 9.72 Å². The first kappa shape index (κ1) is 18.7. The summed E-state index contributed by atoms with van der Waals surface area (Å²) < 4.78 is 6.66. The van der Waals surface area contributed by atoms with Crippen LogP contribution in [-0.2, 0) is 0 Å². The Labute approximate surface area is 135 Å². The fourth-order valence-corrected chi connectivity index (χ4v) is 12.5. The second kappa shape index (κ2) is 6.85. The summed E-state index contributed by atoms with van der Waals surface area (Å²) in [5.41, 5.74) is 0.657. The van der Waals surface area contributed by atoms with Crippen LogP contribution in [0.3, 0.4) is 0 Å². The molecule has 1 fully saturated rings. The Hall–Kier alpha value is 0.698. The second-order valence-corrected chi connectivity index (χ2v) is 15.5. The Bertz CT molecular complexity index is 282. The van der Waals surface area contributed by atoms with Crippen LogP contribution in [-0.4, -0.2) is 76.6 Å². The van der Waals surface area contributed by atoms with Crippen LogP contribution < -0.4 is 0 Å². The standard InChI is InChI=1S/C10H22N2.C6H14N.Sb/c1-9(2,3)11-7-8-12-10(4,5)6;1-4-5-6-7(2)3;/h7-8H2,1-6H3;4H,5-6H2,1-3H3;/q-2;;+2. The van der Waals surface area contributed by atoms with Crippen LogP contribution >= 0.6 is 0 Å². The van der Waals surface area contributed by atoms with Gasteiger partial charge in [-0.3, -0.25) is 0 Å². The molecule has 1 atom stereocenters. The maximum atomic E-state index is 2.89. The monoisotopic (exact) mass is 391 g/mol. The van der Waals surface area contributed by atoms with Gasteiger partial charge in [0.05, 0.1) is 0 Å². The molecule has 0 spiro atoms. The van der Waals surface area contributed by atoms with E-state index in [9.17, 15) is 0 Å². The van der Waals surface area contributed by atoms with Gasteiger partial charge in [-0.1, -0.05) is 0 Å². The average Bonchev–Trinajstić information content (AvgIpc) is 2.69. The molecule has 0 amide bonds. The van der Waals surface area contributed by atoms with Crippen LogP contribution in [0, 0.1) is 0 Å². The molecule has 4 heteroatoms. The van der Waals surface area contributed by atoms with E-state index in [1.54, 1.807) is 0 Å². The summed E-state index contributed by atoms with van der Waals surface area (Å²) in [4.78, 5) is 2.33. The van der Waals surface area contributed by atoms with Crippen LogP contribution in [0.4, 0.5) is 0 Å². The Balaban J connectivity index is 2.90. The van der Waals surface area contributed by atoms with E-state index < -0.39 is 20.8 Å². The van der Waals surface area contributed by atoms with Crippen molar-refractivity contribution >= 4 is 20.8 Å². The van der Waals surface area contributed by atoms with E-state index in [1.165, 1.54) is 26.1 Å². The average molecular weight is 392 g/mol. The van der Waals surface area contributed by atoms with Crippen molar-refractivity contribution in [2.75, 3.05) is 33.7 Å². The normalized spacial score (nSPS) is 21.9. The molecule has 120 valence electrons. The molecule has 1 heterocycles. The zero-order valence-corrected chi connectivity index (χ0v) is 17.7. The van der Waals surface area contributed by atoms with Crippen molar-refractivity contribution in [3.8, 4) is 0 Å². The zero-order chi connectivity index (χ0) is 15.7. The van der Waals surface area contributed by atoms with Gasteiger partial charge in [0, 0.05) is 0 Å². The van der Waals surface area contributed by atoms with Crippen LogP contribution in [0.2, 0.25) is 3.86 Å². The molecule has 0 N–H and O–H groups in total. The van der Waals surface area contributed by atoms with E-state index >= 15 is 0 Å². The molecule has 0 saturated carbocycles. The summed E-state index contributed by atoms with van der Waals surface area (Å²) >= 11 is -1.60. The van der Waals surface area contributed by atoms with E-state index in [1.807, 2.05) is 0 Å². The Morgan fingerprint density at radius 3 is 1.65 bits per heavy atom. The molecule has 20 heavy (non-hydrogen) atoms. The molecule has 0 bridgehead atoms. The maximum absolute atomic E-state index is 2.89. The van der Waals surface area contributed by atoms with Crippen molar-refractivity contribution in [3.05, 3.63) is 0 Å². The predicted molar refractivity (Wildman–Crippen MR) is 91.3 cm³/mol. The Kier molecular flexibility index (Phi) is 6.42. The van der Waals surface area contributed by atoms with Crippen molar-refractivity contribution in [3.63, 3.8) is 0 Å². The van der Waals surface area contributed by atoms with E-state index in [4.69, 9.17) is 0 Å². The quantitative estimate of drug-likeness (QED) is 0.682. The van der Waals surface area contributed by atoms with Crippen LogP contribution in [0.15, 0.2) is 0 Å². The molecule has 1 saturated heterocycles. The van der Waals surface area contributed by atoms with E-state index in [0.29, 0.717) is 11.1 Å². The summed E-state index contributed by atoms with van der Waals surface area (Å²) in [7, 11) is 4.38. The fraction of sp³-hybridized carbons (Fsp3) is 1.00. The number of nitrogens with zero attached hydrogens (tertiary/aromatic N) is 3. The molecule has 1 aliphatic heterocycles. The Morgan fingerprint density at radius 2 is 1.35 bits per heavy atom. The van der Waals surface area contributed by atoms with Gasteiger partial charge in [0.25, 0.3) is 0 Å². The molecule has 1 unspecified atom stereocenters. The molecule has 1 aliphatic rings. The first-order valence-corrected chi connectivity index (χ1v) is 11.7. The third-order valence-electron chi connectivity index (χ3n) is 3.96. The molecule has 0 aromatic carbocycles. The van der Waals surface area contributed by atoms with Gasteiger partial charge in [-0.05, 0) is 0 Å². The fourth-order valence-electron chi connectivity index (χ4n) is 2.85. The second-order valence-electron chi connectivity index (χ2n) is 8.35. The third kappa shape index (κ3) is 4.86. The van der Waals surface area contributed by atoms with Gasteiger partial charge < -0.3 is 0 Å². The summed E-state index contributed by atoms with van der Waals surface area (Å²) in [6.45, 7) is 20.7. The van der Waals surface area contributed by atoms with Gasteiger partial charge in [0.1, 0.15) is 0 Å². The SMILES string of the molecule is C[CH](CCN(C)C)[Sb]1[N](C(C)(C)C)CC[N]1C(C)(C)C. The Morgan fingerprint density at radius 1 is 0.950 bits per heavy atom. The summed E-state index contributed by atoms with van der Waals surface area (Å²) in [6, 6.07) is 0. The number of hydrogen-bond donors (Lipinski definition) is 0. The minimum absolute atomic E-state index is 0.329. The molecule has 1 rings (SSSR count). The van der Waals surface area contributed by atoms with Gasteiger partial charge in [-0.25, -0.2) is 0 Å². The molecule has 0 aliphatic carbocycles. The summed E-state index contributed by atoms with van der Waals surface area (Å²) in [5, 5.41) is 0. The van der Waals surface area contributed by atoms with Crippen LogP contribution in [0.25, 0.3) is 0 Å². The van der Waals surface area contributed by atoms with Crippen molar-refractivity contribution in [1.82, 2.24) is 11.0 Å². The molecule has 0 aromatic rings. The predicted octanol–water partition coefficient (Wildman–Crippen LogP) is 3.03. The first-order valence-electron chi connectivity index (χ1n) is 7.93. The van der Waals surface area contributed by atoms with Gasteiger partial charge in [0.15, 0.2) is 0 Å². The van der Waals surface area contributed by atoms with Gasteiger partial charge in [-0.2, -0.15) is 0 Å². The van der Waals surface area contributed by atoms with E-state index in [0.717, 1.165) is 3.86 Å². The van der Waals surface area contributed by atoms with Crippen LogP contribution in [0.1, 0.15) is 54.9 Å². The van der Waals surface area contributed by atoms with Gasteiger partial charge in [0.2, 0.25) is 0 Å². The molecule has 0 aromatic heterocycles. The first-order chi connectivity index (χ1) is 8.94. The molecular weight excluding hydrogens is 356 g/mol. The minimum atomic E-state index is -1.60. The third-order valence-corrected chi connectivity index (χ3v) is 14.3. The van der Waals surface area contributed by atoms with Crippen molar-refractivity contribution in [2.45, 2.75) is 69.8 Å². The molecule has 3 nitrogen and oxygen atoms in total.